The Labute approximate surface area is 145 Å². The maximum atomic E-state index is 12.2. The molecule has 25 heavy (non-hydrogen) atoms. The number of carbonyl (C=O) groups excluding carboxylic acids is 3. The van der Waals surface area contributed by atoms with Crippen LogP contribution in [0.1, 0.15) is 31.1 Å². The van der Waals surface area contributed by atoms with Gasteiger partial charge in [0.1, 0.15) is 6.61 Å². The van der Waals surface area contributed by atoms with Crippen molar-refractivity contribution in [3.63, 3.8) is 0 Å². The van der Waals surface area contributed by atoms with Gasteiger partial charge in [0, 0.05) is 19.8 Å². The maximum absolute atomic E-state index is 12.2. The van der Waals surface area contributed by atoms with Crippen molar-refractivity contribution < 1.29 is 19.1 Å². The summed E-state index contributed by atoms with van der Waals surface area (Å²) in [6.07, 6.45) is 0. The van der Waals surface area contributed by atoms with Gasteiger partial charge in [0.25, 0.3) is 11.8 Å². The fourth-order valence-corrected chi connectivity index (χ4v) is 2.67. The molecular weight excluding hydrogens is 320 g/mol. The van der Waals surface area contributed by atoms with Gasteiger partial charge in [-0.05, 0) is 30.3 Å². The molecule has 1 aliphatic heterocycles. The predicted octanol–water partition coefficient (Wildman–Crippen LogP) is 2.21. The largest absolute Gasteiger partial charge is 0.460 e. The second-order valence-corrected chi connectivity index (χ2v) is 5.89. The summed E-state index contributed by atoms with van der Waals surface area (Å²) in [6, 6.07) is 13.7. The highest BCUT2D eigenvalue weighted by molar-refractivity contribution is 6.21. The smallest absolute Gasteiger partial charge is 0.338 e. The SMILES string of the molecule is CN(C)c1cccc(C(=O)OCCN2C(=O)c3ccccc3C2=O)c1. The molecule has 0 N–H and O–H groups in total. The summed E-state index contributed by atoms with van der Waals surface area (Å²) >= 11 is 0. The van der Waals surface area contributed by atoms with Crippen LogP contribution >= 0.6 is 0 Å². The number of hydrogen-bond acceptors (Lipinski definition) is 5. The molecule has 2 aromatic carbocycles. The van der Waals surface area contributed by atoms with Crippen molar-refractivity contribution in [1.29, 1.82) is 0 Å². The first kappa shape index (κ1) is 16.7. The first-order valence-corrected chi connectivity index (χ1v) is 7.89. The van der Waals surface area contributed by atoms with Crippen LogP contribution in [0.3, 0.4) is 0 Å². The molecule has 0 radical (unpaired) electrons. The van der Waals surface area contributed by atoms with E-state index in [4.69, 9.17) is 4.74 Å². The van der Waals surface area contributed by atoms with Gasteiger partial charge in [0.15, 0.2) is 0 Å². The van der Waals surface area contributed by atoms with E-state index in [-0.39, 0.29) is 25.0 Å². The number of nitrogens with zero attached hydrogens (tertiary/aromatic N) is 2. The minimum atomic E-state index is -0.486. The molecule has 0 atom stereocenters. The lowest BCUT2D eigenvalue weighted by molar-refractivity contribution is 0.0420. The molecule has 6 nitrogen and oxygen atoms in total. The van der Waals surface area contributed by atoms with Gasteiger partial charge >= 0.3 is 5.97 Å². The Bertz CT molecular complexity index is 810. The van der Waals surface area contributed by atoms with Crippen LogP contribution in [0.5, 0.6) is 0 Å². The summed E-state index contributed by atoms with van der Waals surface area (Å²) in [6.45, 7) is -0.0120. The fraction of sp³-hybridized carbons (Fsp3) is 0.211. The van der Waals surface area contributed by atoms with Crippen LogP contribution in [0, 0.1) is 0 Å². The van der Waals surface area contributed by atoms with Crippen molar-refractivity contribution in [3.05, 3.63) is 65.2 Å². The topological polar surface area (TPSA) is 66.9 Å². The quantitative estimate of drug-likeness (QED) is 0.618. The molecule has 2 aromatic rings. The lowest BCUT2D eigenvalue weighted by atomic mass is 10.1. The minimum absolute atomic E-state index is 0.0332. The second kappa shape index (κ2) is 6.76. The molecule has 1 aliphatic rings. The molecule has 128 valence electrons. The highest BCUT2D eigenvalue weighted by Crippen LogP contribution is 2.22. The Morgan fingerprint density at radius 3 is 2.24 bits per heavy atom. The first-order chi connectivity index (χ1) is 12.0. The van der Waals surface area contributed by atoms with Crippen molar-refractivity contribution in [2.45, 2.75) is 0 Å². The standard InChI is InChI=1S/C19H18N2O4/c1-20(2)14-7-5-6-13(12-14)19(24)25-11-10-21-17(22)15-8-3-4-9-16(15)18(21)23/h3-9,12H,10-11H2,1-2H3. The number of rotatable bonds is 5. The minimum Gasteiger partial charge on any atom is -0.460 e. The van der Waals surface area contributed by atoms with Crippen molar-refractivity contribution in [2.24, 2.45) is 0 Å². The van der Waals surface area contributed by atoms with Gasteiger partial charge in [-0.15, -0.1) is 0 Å². The van der Waals surface area contributed by atoms with Gasteiger partial charge in [-0.2, -0.15) is 0 Å². The van der Waals surface area contributed by atoms with E-state index >= 15 is 0 Å². The number of esters is 1. The molecule has 3 rings (SSSR count). The second-order valence-electron chi connectivity index (χ2n) is 5.89. The normalized spacial score (nSPS) is 13.0. The van der Waals surface area contributed by atoms with Crippen LogP contribution < -0.4 is 4.90 Å². The number of carbonyl (C=O) groups is 3. The molecule has 2 amide bonds. The molecule has 0 saturated heterocycles. The first-order valence-electron chi connectivity index (χ1n) is 7.89. The third-order valence-electron chi connectivity index (χ3n) is 4.02. The van der Waals surface area contributed by atoms with E-state index in [0.717, 1.165) is 10.6 Å². The molecule has 0 saturated carbocycles. The molecule has 0 spiro atoms. The summed E-state index contributed by atoms with van der Waals surface area (Å²) in [5, 5.41) is 0. The molecule has 1 heterocycles. The van der Waals surface area contributed by atoms with Crippen LogP contribution in [-0.2, 0) is 4.74 Å². The molecule has 0 unspecified atom stereocenters. The zero-order valence-corrected chi connectivity index (χ0v) is 14.1. The lowest BCUT2D eigenvalue weighted by Gasteiger charge is -2.15. The van der Waals surface area contributed by atoms with Gasteiger partial charge in [-0.25, -0.2) is 4.79 Å². The van der Waals surface area contributed by atoms with Gasteiger partial charge in [-0.3, -0.25) is 14.5 Å². The van der Waals surface area contributed by atoms with Crippen molar-refractivity contribution in [1.82, 2.24) is 4.90 Å². The number of anilines is 1. The predicted molar refractivity (Wildman–Crippen MR) is 92.9 cm³/mol. The van der Waals surface area contributed by atoms with E-state index in [2.05, 4.69) is 0 Å². The van der Waals surface area contributed by atoms with Crippen LogP contribution in [0.4, 0.5) is 5.69 Å². The Kier molecular flexibility index (Phi) is 4.52. The molecule has 0 fully saturated rings. The van der Waals surface area contributed by atoms with E-state index in [1.54, 1.807) is 42.5 Å². The highest BCUT2D eigenvalue weighted by Gasteiger charge is 2.34. The number of fused-ring (bicyclic) bond motifs is 1. The number of benzene rings is 2. The van der Waals surface area contributed by atoms with Crippen LogP contribution in [-0.4, -0.2) is 49.9 Å². The van der Waals surface area contributed by atoms with Crippen molar-refractivity contribution >= 4 is 23.5 Å². The van der Waals surface area contributed by atoms with E-state index < -0.39 is 5.97 Å². The van der Waals surface area contributed by atoms with E-state index in [1.165, 1.54) is 0 Å². The number of imide groups is 1. The van der Waals surface area contributed by atoms with E-state index in [1.807, 2.05) is 25.1 Å². The summed E-state index contributed by atoms with van der Waals surface area (Å²) in [5.74, 6) is -1.20. The molecular formula is C19H18N2O4. The molecule has 0 bridgehead atoms. The lowest BCUT2D eigenvalue weighted by Crippen LogP contribution is -2.33. The summed E-state index contributed by atoms with van der Waals surface area (Å²) < 4.78 is 5.22. The fourth-order valence-electron chi connectivity index (χ4n) is 2.67. The maximum Gasteiger partial charge on any atom is 0.338 e. The van der Waals surface area contributed by atoms with E-state index in [0.29, 0.717) is 16.7 Å². The summed E-state index contributed by atoms with van der Waals surface area (Å²) in [4.78, 5) is 39.6. The molecule has 0 aromatic heterocycles. The van der Waals surface area contributed by atoms with Crippen molar-refractivity contribution in [2.75, 3.05) is 32.1 Å². The Morgan fingerprint density at radius 2 is 1.64 bits per heavy atom. The third-order valence-corrected chi connectivity index (χ3v) is 4.02. The molecule has 0 aliphatic carbocycles. The zero-order chi connectivity index (χ0) is 18.0. The summed E-state index contributed by atoms with van der Waals surface area (Å²) in [5.41, 5.74) is 2.08. The van der Waals surface area contributed by atoms with Gasteiger partial charge in [0.05, 0.1) is 23.2 Å². The van der Waals surface area contributed by atoms with Gasteiger partial charge in [0.2, 0.25) is 0 Å². The van der Waals surface area contributed by atoms with Crippen LogP contribution in [0.2, 0.25) is 0 Å². The zero-order valence-electron chi connectivity index (χ0n) is 14.1. The number of ether oxygens (including phenoxy) is 1. The summed E-state index contributed by atoms with van der Waals surface area (Å²) in [7, 11) is 3.76. The average molecular weight is 338 g/mol. The van der Waals surface area contributed by atoms with E-state index in [9.17, 15) is 14.4 Å². The number of hydrogen-bond donors (Lipinski definition) is 0. The molecule has 6 heteroatoms. The Balaban J connectivity index is 1.60. The highest BCUT2D eigenvalue weighted by atomic mass is 16.5. The average Bonchev–Trinajstić information content (AvgIpc) is 2.87. The third kappa shape index (κ3) is 3.24. The Hall–Kier alpha value is -3.15. The van der Waals surface area contributed by atoms with Gasteiger partial charge < -0.3 is 9.64 Å². The number of amides is 2. The van der Waals surface area contributed by atoms with Crippen LogP contribution in [0.25, 0.3) is 0 Å². The van der Waals surface area contributed by atoms with Gasteiger partial charge in [-0.1, -0.05) is 18.2 Å². The van der Waals surface area contributed by atoms with Crippen LogP contribution in [0.15, 0.2) is 48.5 Å². The van der Waals surface area contributed by atoms with Crippen molar-refractivity contribution in [3.8, 4) is 0 Å². The monoisotopic (exact) mass is 338 g/mol. The Morgan fingerprint density at radius 1 is 1.00 bits per heavy atom.